The Morgan fingerprint density at radius 2 is 1.18 bits per heavy atom. The minimum absolute atomic E-state index is 0.0707. The summed E-state index contributed by atoms with van der Waals surface area (Å²) in [5.41, 5.74) is 1.43. The van der Waals surface area contributed by atoms with Crippen LogP contribution in [0.3, 0.4) is 0 Å². The van der Waals surface area contributed by atoms with Crippen molar-refractivity contribution in [2.24, 2.45) is 0 Å². The van der Waals surface area contributed by atoms with Crippen molar-refractivity contribution in [3.8, 4) is 11.5 Å². The summed E-state index contributed by atoms with van der Waals surface area (Å²) < 4.78 is 78.6. The number of methoxy groups -OCH3 is 2. The summed E-state index contributed by atoms with van der Waals surface area (Å²) in [5, 5.41) is 0. The van der Waals surface area contributed by atoms with Crippen LogP contribution in [0.2, 0.25) is 0 Å². The predicted octanol–water partition coefficient (Wildman–Crippen LogP) is 6.17. The molecule has 0 saturated heterocycles. The van der Waals surface area contributed by atoms with Gasteiger partial charge in [0.2, 0.25) is 17.9 Å². The molecule has 0 spiro atoms. The summed E-state index contributed by atoms with van der Waals surface area (Å²) in [6.07, 6.45) is 1.48. The number of nitrogens with zero attached hydrogens (tertiary/aromatic N) is 1. The third-order valence-corrected chi connectivity index (χ3v) is 4.74. The molecular weight excluding hydrogens is 441 g/mol. The standard InChI is InChI=1S/C25H21F5NO2/c1-32-23-12-8-17(14-21(23)26)6-10-19-4-3-5-20(31(19)16-25(28,29)30)11-7-18-9-13-24(33-2)22(27)15-18/h3-15H,16H2,1-2H3/q+1/b10-6+,11-7+. The molecule has 0 bridgehead atoms. The highest BCUT2D eigenvalue weighted by atomic mass is 19.4. The quantitative estimate of drug-likeness (QED) is 0.309. The van der Waals surface area contributed by atoms with Gasteiger partial charge in [-0.15, -0.1) is 0 Å². The molecule has 0 radical (unpaired) electrons. The van der Waals surface area contributed by atoms with Gasteiger partial charge in [-0.05, 0) is 53.6 Å². The van der Waals surface area contributed by atoms with E-state index in [2.05, 4.69) is 0 Å². The SMILES string of the molecule is COc1ccc(/C=C/c2cccc(/C=C/c3ccc(OC)c(F)c3)[n+]2CC(F)(F)F)cc1F. The second-order valence-electron chi connectivity index (χ2n) is 7.03. The zero-order chi connectivity index (χ0) is 24.0. The number of hydrogen-bond acceptors (Lipinski definition) is 2. The number of ether oxygens (including phenoxy) is 2. The van der Waals surface area contributed by atoms with Crippen molar-refractivity contribution in [2.75, 3.05) is 14.2 Å². The average Bonchev–Trinajstić information content (AvgIpc) is 2.76. The molecule has 33 heavy (non-hydrogen) atoms. The normalized spacial score (nSPS) is 12.0. The molecule has 0 saturated carbocycles. The van der Waals surface area contributed by atoms with E-state index < -0.39 is 24.4 Å². The van der Waals surface area contributed by atoms with Crippen molar-refractivity contribution in [2.45, 2.75) is 12.7 Å². The van der Waals surface area contributed by atoms with E-state index in [4.69, 9.17) is 9.47 Å². The molecule has 0 aliphatic heterocycles. The van der Waals surface area contributed by atoms with Gasteiger partial charge in [0, 0.05) is 24.3 Å². The largest absolute Gasteiger partial charge is 0.494 e. The fourth-order valence-corrected chi connectivity index (χ4v) is 3.16. The Labute approximate surface area is 188 Å². The second kappa shape index (κ2) is 10.3. The number of halogens is 5. The highest BCUT2D eigenvalue weighted by Crippen LogP contribution is 2.21. The van der Waals surface area contributed by atoms with Crippen LogP contribution in [0.4, 0.5) is 22.0 Å². The van der Waals surface area contributed by atoms with E-state index in [-0.39, 0.29) is 22.9 Å². The molecule has 0 atom stereocenters. The number of rotatable bonds is 7. The predicted molar refractivity (Wildman–Crippen MR) is 116 cm³/mol. The van der Waals surface area contributed by atoms with Crippen LogP contribution in [-0.2, 0) is 6.54 Å². The van der Waals surface area contributed by atoms with Gasteiger partial charge in [0.15, 0.2) is 23.1 Å². The molecule has 8 heteroatoms. The Bertz CT molecular complexity index is 1100. The number of alkyl halides is 3. The molecule has 0 aliphatic rings. The smallest absolute Gasteiger partial charge is 0.448 e. The summed E-state index contributed by atoms with van der Waals surface area (Å²) in [6, 6.07) is 13.2. The minimum Gasteiger partial charge on any atom is -0.494 e. The van der Waals surface area contributed by atoms with E-state index in [9.17, 15) is 22.0 Å². The van der Waals surface area contributed by atoms with E-state index in [1.54, 1.807) is 18.2 Å². The van der Waals surface area contributed by atoms with Crippen LogP contribution in [0.1, 0.15) is 22.5 Å². The summed E-state index contributed by atoms with van der Waals surface area (Å²) in [5.74, 6) is -1.01. The van der Waals surface area contributed by atoms with Crippen LogP contribution in [0.15, 0.2) is 54.6 Å². The number of aromatic nitrogens is 1. The van der Waals surface area contributed by atoms with E-state index in [1.165, 1.54) is 74.9 Å². The number of pyridine rings is 1. The Morgan fingerprint density at radius 3 is 1.55 bits per heavy atom. The van der Waals surface area contributed by atoms with Gasteiger partial charge < -0.3 is 9.47 Å². The van der Waals surface area contributed by atoms with Crippen molar-refractivity contribution in [1.82, 2.24) is 0 Å². The van der Waals surface area contributed by atoms with Gasteiger partial charge in [0.1, 0.15) is 0 Å². The first-order valence-electron chi connectivity index (χ1n) is 9.83. The van der Waals surface area contributed by atoms with Crippen LogP contribution in [0.25, 0.3) is 24.3 Å². The number of hydrogen-bond donors (Lipinski definition) is 0. The maximum atomic E-state index is 13.9. The molecule has 3 aromatic rings. The molecule has 1 aromatic heterocycles. The van der Waals surface area contributed by atoms with Gasteiger partial charge >= 0.3 is 6.18 Å². The van der Waals surface area contributed by atoms with E-state index in [0.717, 1.165) is 4.57 Å². The summed E-state index contributed by atoms with van der Waals surface area (Å²) in [6.45, 7) is -1.23. The molecule has 172 valence electrons. The monoisotopic (exact) mass is 462 g/mol. The summed E-state index contributed by atoms with van der Waals surface area (Å²) in [4.78, 5) is 0. The molecule has 1 heterocycles. The molecular formula is C25H21F5NO2+. The average molecular weight is 462 g/mol. The van der Waals surface area contributed by atoms with Crippen molar-refractivity contribution in [3.05, 3.63) is 88.7 Å². The lowest BCUT2D eigenvalue weighted by molar-refractivity contribution is -0.722. The Hall–Kier alpha value is -3.68. The Balaban J connectivity index is 1.97. The topological polar surface area (TPSA) is 22.3 Å². The summed E-state index contributed by atoms with van der Waals surface area (Å²) >= 11 is 0. The van der Waals surface area contributed by atoms with Crippen molar-refractivity contribution in [1.29, 1.82) is 0 Å². The maximum absolute atomic E-state index is 13.9. The number of benzene rings is 2. The van der Waals surface area contributed by atoms with Crippen LogP contribution < -0.4 is 14.0 Å². The Morgan fingerprint density at radius 1 is 0.727 bits per heavy atom. The third-order valence-electron chi connectivity index (χ3n) is 4.74. The molecule has 3 nitrogen and oxygen atoms in total. The van der Waals surface area contributed by atoms with Crippen LogP contribution in [0, 0.1) is 11.6 Å². The Kier molecular flexibility index (Phi) is 7.48. The zero-order valence-electron chi connectivity index (χ0n) is 17.9. The zero-order valence-corrected chi connectivity index (χ0v) is 17.9. The van der Waals surface area contributed by atoms with E-state index >= 15 is 0 Å². The van der Waals surface area contributed by atoms with Gasteiger partial charge in [0.25, 0.3) is 0 Å². The fraction of sp³-hybridized carbons (Fsp3) is 0.160. The highest BCUT2D eigenvalue weighted by molar-refractivity contribution is 5.69. The molecule has 2 aromatic carbocycles. The lowest BCUT2D eigenvalue weighted by Gasteiger charge is -2.08. The molecule has 0 aliphatic carbocycles. The first kappa shape index (κ1) is 24.0. The van der Waals surface area contributed by atoms with Crippen molar-refractivity contribution >= 4 is 24.3 Å². The van der Waals surface area contributed by atoms with Crippen molar-refractivity contribution in [3.63, 3.8) is 0 Å². The van der Waals surface area contributed by atoms with Gasteiger partial charge in [0.05, 0.1) is 14.2 Å². The van der Waals surface area contributed by atoms with E-state index in [1.807, 2.05) is 0 Å². The first-order chi connectivity index (χ1) is 15.7. The van der Waals surface area contributed by atoms with Crippen LogP contribution in [-0.4, -0.2) is 20.4 Å². The van der Waals surface area contributed by atoms with Crippen LogP contribution in [0.5, 0.6) is 11.5 Å². The molecule has 0 unspecified atom stereocenters. The lowest BCUT2D eigenvalue weighted by atomic mass is 10.1. The van der Waals surface area contributed by atoms with Gasteiger partial charge in [-0.25, -0.2) is 8.78 Å². The first-order valence-corrected chi connectivity index (χ1v) is 9.83. The molecule has 0 N–H and O–H groups in total. The fourth-order valence-electron chi connectivity index (χ4n) is 3.16. The third kappa shape index (κ3) is 6.41. The molecule has 0 amide bonds. The lowest BCUT2D eigenvalue weighted by Crippen LogP contribution is -2.46. The molecule has 3 rings (SSSR count). The van der Waals surface area contributed by atoms with E-state index in [0.29, 0.717) is 11.1 Å². The second-order valence-corrected chi connectivity index (χ2v) is 7.03. The van der Waals surface area contributed by atoms with Crippen molar-refractivity contribution < 1.29 is 36.0 Å². The highest BCUT2D eigenvalue weighted by Gasteiger charge is 2.35. The van der Waals surface area contributed by atoms with Gasteiger partial charge in [-0.3, -0.25) is 0 Å². The van der Waals surface area contributed by atoms with Crippen LogP contribution >= 0.6 is 0 Å². The molecule has 0 fully saturated rings. The maximum Gasteiger partial charge on any atom is 0.448 e. The minimum atomic E-state index is -4.48. The summed E-state index contributed by atoms with van der Waals surface area (Å²) in [7, 11) is 2.68. The van der Waals surface area contributed by atoms with Gasteiger partial charge in [-0.2, -0.15) is 17.7 Å². The van der Waals surface area contributed by atoms with Gasteiger partial charge in [-0.1, -0.05) is 12.1 Å².